The van der Waals surface area contributed by atoms with E-state index in [0.717, 1.165) is 0 Å². The van der Waals surface area contributed by atoms with Crippen molar-refractivity contribution in [3.63, 3.8) is 0 Å². The average molecular weight is 560 g/mol. The first-order valence-corrected chi connectivity index (χ1v) is 11.5. The van der Waals surface area contributed by atoms with Crippen LogP contribution in [-0.4, -0.2) is 63.5 Å². The molecule has 2 atom stereocenters. The zero-order valence-electron chi connectivity index (χ0n) is 19.1. The predicted molar refractivity (Wildman–Crippen MR) is 121 cm³/mol. The van der Waals surface area contributed by atoms with E-state index < -0.39 is 47.7 Å². The maximum Gasteiger partial charge on any atom is 0.422 e. The number of hydrogen-bond acceptors (Lipinski definition) is 6. The lowest BCUT2D eigenvalue weighted by molar-refractivity contribution is -0.154. The second kappa shape index (κ2) is 8.36. The number of amides is 1. The van der Waals surface area contributed by atoms with Gasteiger partial charge in [-0.05, 0) is 40.3 Å². The van der Waals surface area contributed by atoms with Gasteiger partial charge in [-0.25, -0.2) is 9.18 Å². The Balaban J connectivity index is 1.90. The fraction of sp³-hybridized carbons (Fsp3) is 0.545. The van der Waals surface area contributed by atoms with Gasteiger partial charge in [0.15, 0.2) is 12.4 Å². The van der Waals surface area contributed by atoms with E-state index in [1.807, 2.05) is 26.8 Å². The third kappa shape index (κ3) is 4.22. The summed E-state index contributed by atoms with van der Waals surface area (Å²) in [5.41, 5.74) is -1.67. The molecule has 1 aromatic heterocycles. The highest BCUT2D eigenvalue weighted by Crippen LogP contribution is 2.50. The summed E-state index contributed by atoms with van der Waals surface area (Å²) in [6.45, 7) is 4.47. The second-order valence-corrected chi connectivity index (χ2v) is 10.6. The number of hydrogen-bond donors (Lipinski definition) is 1. The van der Waals surface area contributed by atoms with Crippen molar-refractivity contribution < 1.29 is 32.2 Å². The van der Waals surface area contributed by atoms with Gasteiger partial charge in [0.1, 0.15) is 17.4 Å². The minimum atomic E-state index is -4.66. The normalized spacial score (nSPS) is 22.4. The van der Waals surface area contributed by atoms with E-state index in [9.17, 15) is 28.3 Å². The SMILES string of the molecule is CC(C)(C)[C@]12CC[C@@H](CN(c3nc(OCC(F)(F)F)nc4c(F)c(Br)c(C#N)cc34)C1)N2C(=O)O. The molecule has 188 valence electrons. The van der Waals surface area contributed by atoms with Gasteiger partial charge in [0.05, 0.1) is 21.6 Å². The van der Waals surface area contributed by atoms with Crippen LogP contribution in [0.2, 0.25) is 0 Å². The molecule has 2 aromatic rings. The highest BCUT2D eigenvalue weighted by atomic mass is 79.9. The molecule has 2 aliphatic heterocycles. The number of fused-ring (bicyclic) bond motifs is 3. The Morgan fingerprint density at radius 2 is 2.06 bits per heavy atom. The van der Waals surface area contributed by atoms with Gasteiger partial charge in [0.2, 0.25) is 0 Å². The lowest BCUT2D eigenvalue weighted by Crippen LogP contribution is -2.68. The summed E-state index contributed by atoms with van der Waals surface area (Å²) in [6, 6.07) is 2.17. The van der Waals surface area contributed by atoms with Crippen LogP contribution in [0.3, 0.4) is 0 Å². The van der Waals surface area contributed by atoms with Gasteiger partial charge in [-0.15, -0.1) is 0 Å². The summed E-state index contributed by atoms with van der Waals surface area (Å²) >= 11 is 3.00. The largest absolute Gasteiger partial charge is 0.465 e. The monoisotopic (exact) mass is 559 g/mol. The molecule has 4 rings (SSSR count). The standard InChI is InChI=1S/C22H22BrF4N5O3/c1-20(2,3)21-5-4-12(32(21)19(33)34)8-31(9-21)17-13-6-11(7-28)14(23)15(24)16(13)29-18(30-17)35-10-22(25,26)27/h6,12H,4-5,8-10H2,1-3H3,(H,33,34)/t12-,21-/m0/s1. The maximum absolute atomic E-state index is 15.2. The molecule has 0 radical (unpaired) electrons. The van der Waals surface area contributed by atoms with Gasteiger partial charge in [-0.3, -0.25) is 4.90 Å². The minimum Gasteiger partial charge on any atom is -0.465 e. The molecule has 3 heterocycles. The Morgan fingerprint density at radius 3 is 2.63 bits per heavy atom. The van der Waals surface area contributed by atoms with Crippen LogP contribution in [0.15, 0.2) is 10.5 Å². The Labute approximate surface area is 206 Å². The summed E-state index contributed by atoms with van der Waals surface area (Å²) in [5, 5.41) is 19.5. The number of benzene rings is 1. The molecule has 2 aliphatic rings. The zero-order chi connectivity index (χ0) is 25.9. The molecule has 2 fully saturated rings. The van der Waals surface area contributed by atoms with Crippen molar-refractivity contribution in [3.8, 4) is 12.1 Å². The number of rotatable bonds is 3. The Hall–Kier alpha value is -2.88. The number of piperazine rings is 1. The topological polar surface area (TPSA) is 103 Å². The molecule has 0 aliphatic carbocycles. The molecule has 1 aromatic carbocycles. The minimum absolute atomic E-state index is 0.0403. The molecule has 1 amide bonds. The number of aromatic nitrogens is 2. The van der Waals surface area contributed by atoms with E-state index >= 15 is 4.39 Å². The molecule has 0 unspecified atom stereocenters. The third-order valence-electron chi connectivity index (χ3n) is 6.82. The number of halogens is 5. The van der Waals surface area contributed by atoms with E-state index in [0.29, 0.717) is 12.8 Å². The number of anilines is 1. The number of carboxylic acid groups (broad SMARTS) is 1. The summed E-state index contributed by atoms with van der Waals surface area (Å²) < 4.78 is 58.1. The van der Waals surface area contributed by atoms with Crippen LogP contribution in [0.1, 0.15) is 39.2 Å². The molecule has 2 bridgehead atoms. The number of ether oxygens (including phenoxy) is 1. The molecule has 0 spiro atoms. The summed E-state index contributed by atoms with van der Waals surface area (Å²) in [7, 11) is 0. The predicted octanol–water partition coefficient (Wildman–Crippen LogP) is 5.09. The van der Waals surface area contributed by atoms with Gasteiger partial charge in [0.25, 0.3) is 0 Å². The van der Waals surface area contributed by atoms with Crippen LogP contribution in [0, 0.1) is 22.6 Å². The van der Waals surface area contributed by atoms with Crippen molar-refractivity contribution in [3.05, 3.63) is 21.9 Å². The summed E-state index contributed by atoms with van der Waals surface area (Å²) in [6.07, 6.45) is -4.55. The second-order valence-electron chi connectivity index (χ2n) is 9.80. The van der Waals surface area contributed by atoms with E-state index in [4.69, 9.17) is 4.74 Å². The molecule has 1 N–H and O–H groups in total. The van der Waals surface area contributed by atoms with Gasteiger partial charge in [-0.1, -0.05) is 20.8 Å². The lowest BCUT2D eigenvalue weighted by Gasteiger charge is -2.54. The van der Waals surface area contributed by atoms with Crippen LogP contribution in [0.25, 0.3) is 10.9 Å². The Bertz CT molecular complexity index is 1240. The van der Waals surface area contributed by atoms with E-state index in [2.05, 4.69) is 25.9 Å². The quantitative estimate of drug-likeness (QED) is 0.522. The molecule has 0 saturated carbocycles. The van der Waals surface area contributed by atoms with Crippen LogP contribution in [0.4, 0.5) is 28.2 Å². The Kier molecular flexibility index (Phi) is 6.02. The molecule has 13 heteroatoms. The lowest BCUT2D eigenvalue weighted by atomic mass is 9.71. The Morgan fingerprint density at radius 1 is 1.37 bits per heavy atom. The van der Waals surface area contributed by atoms with Gasteiger partial charge in [-0.2, -0.15) is 28.4 Å². The summed E-state index contributed by atoms with van der Waals surface area (Å²) in [4.78, 5) is 23.4. The van der Waals surface area contributed by atoms with E-state index in [1.165, 1.54) is 11.0 Å². The molecule has 35 heavy (non-hydrogen) atoms. The van der Waals surface area contributed by atoms with Gasteiger partial charge < -0.3 is 14.7 Å². The first-order chi connectivity index (χ1) is 16.2. The number of nitrogens with zero attached hydrogens (tertiary/aromatic N) is 5. The van der Waals surface area contributed by atoms with Crippen molar-refractivity contribution in [1.29, 1.82) is 5.26 Å². The van der Waals surface area contributed by atoms with Gasteiger partial charge >= 0.3 is 18.3 Å². The van der Waals surface area contributed by atoms with Gasteiger partial charge in [0, 0.05) is 18.5 Å². The van der Waals surface area contributed by atoms with Crippen molar-refractivity contribution in [2.75, 3.05) is 24.6 Å². The van der Waals surface area contributed by atoms with Crippen LogP contribution >= 0.6 is 15.9 Å². The molecular weight excluding hydrogens is 538 g/mol. The summed E-state index contributed by atoms with van der Waals surface area (Å²) in [5.74, 6) is -0.849. The first-order valence-electron chi connectivity index (χ1n) is 10.7. The maximum atomic E-state index is 15.2. The van der Waals surface area contributed by atoms with Crippen LogP contribution < -0.4 is 9.64 Å². The molecule has 2 saturated heterocycles. The van der Waals surface area contributed by atoms with E-state index in [1.54, 1.807) is 4.90 Å². The van der Waals surface area contributed by atoms with Crippen molar-refractivity contribution in [2.45, 2.75) is 51.4 Å². The molecule has 8 nitrogen and oxygen atoms in total. The first kappa shape index (κ1) is 25.2. The zero-order valence-corrected chi connectivity index (χ0v) is 20.7. The number of carbonyl (C=O) groups is 1. The third-order valence-corrected chi connectivity index (χ3v) is 7.59. The highest BCUT2D eigenvalue weighted by molar-refractivity contribution is 9.10. The average Bonchev–Trinajstić information content (AvgIpc) is 3.01. The van der Waals surface area contributed by atoms with E-state index in [-0.39, 0.29) is 39.8 Å². The molecular formula is C22H22BrF4N5O3. The van der Waals surface area contributed by atoms with Crippen molar-refractivity contribution in [1.82, 2.24) is 14.9 Å². The fourth-order valence-corrected chi connectivity index (χ4v) is 5.53. The number of alkyl halides is 3. The van der Waals surface area contributed by atoms with Crippen LogP contribution in [-0.2, 0) is 0 Å². The van der Waals surface area contributed by atoms with Crippen molar-refractivity contribution >= 4 is 38.7 Å². The number of nitriles is 1. The van der Waals surface area contributed by atoms with Crippen LogP contribution in [0.5, 0.6) is 6.01 Å². The highest BCUT2D eigenvalue weighted by Gasteiger charge is 2.59. The fourth-order valence-electron chi connectivity index (χ4n) is 5.14. The smallest absolute Gasteiger partial charge is 0.422 e. The van der Waals surface area contributed by atoms with Crippen molar-refractivity contribution in [2.24, 2.45) is 5.41 Å².